The van der Waals surface area contributed by atoms with E-state index in [1.54, 1.807) is 14.2 Å². The summed E-state index contributed by atoms with van der Waals surface area (Å²) in [6, 6.07) is 10.7. The summed E-state index contributed by atoms with van der Waals surface area (Å²) in [5, 5.41) is 12.3. The highest BCUT2D eigenvalue weighted by Gasteiger charge is 2.41. The largest absolute Gasteiger partial charge is 0.383 e. The Morgan fingerprint density at radius 3 is 2.47 bits per heavy atom. The van der Waals surface area contributed by atoms with E-state index in [0.29, 0.717) is 59.8 Å². The molecule has 0 radical (unpaired) electrons. The maximum absolute atomic E-state index is 14.9. The summed E-state index contributed by atoms with van der Waals surface area (Å²) in [5.74, 6) is 0. The van der Waals surface area contributed by atoms with Crippen molar-refractivity contribution in [3.8, 4) is 0 Å². The van der Waals surface area contributed by atoms with Crippen LogP contribution in [0, 0.1) is 17.0 Å². The number of piperazine rings is 1. The third-order valence-electron chi connectivity index (χ3n) is 6.21. The van der Waals surface area contributed by atoms with Crippen LogP contribution in [0.5, 0.6) is 0 Å². The van der Waals surface area contributed by atoms with Crippen molar-refractivity contribution >= 4 is 43.4 Å². The fourth-order valence-electron chi connectivity index (χ4n) is 4.66. The average molecular weight is 509 g/mol. The smallest absolute Gasteiger partial charge is 0.271 e. The molecular formula is C23H29ClN4O5S. The lowest BCUT2D eigenvalue weighted by atomic mass is 10.1. The van der Waals surface area contributed by atoms with Crippen LogP contribution in [0.3, 0.4) is 0 Å². The van der Waals surface area contributed by atoms with E-state index >= 15 is 0 Å². The molecule has 2 aliphatic rings. The topological polar surface area (TPSA) is 88.4 Å². The van der Waals surface area contributed by atoms with Gasteiger partial charge in [-0.2, -0.15) is 0 Å². The molecule has 1 unspecified atom stereocenters. The molecule has 2 aromatic rings. The minimum absolute atomic E-state index is 0.0631. The van der Waals surface area contributed by atoms with E-state index in [1.807, 2.05) is 40.4 Å². The number of hydrogen-bond donors (Lipinski definition) is 0. The molecule has 0 spiro atoms. The van der Waals surface area contributed by atoms with E-state index in [0.717, 1.165) is 11.4 Å². The van der Waals surface area contributed by atoms with Crippen molar-refractivity contribution in [2.75, 3.05) is 70.0 Å². The van der Waals surface area contributed by atoms with Crippen LogP contribution in [0.2, 0.25) is 5.02 Å². The van der Waals surface area contributed by atoms with Gasteiger partial charge in [0.15, 0.2) is 0 Å². The number of fused-ring (bicyclic) bond motifs is 1. The summed E-state index contributed by atoms with van der Waals surface area (Å²) in [7, 11) is 0.228. The van der Waals surface area contributed by atoms with Gasteiger partial charge in [0.2, 0.25) is 0 Å². The third kappa shape index (κ3) is 4.36. The van der Waals surface area contributed by atoms with Gasteiger partial charge in [0.1, 0.15) is 4.99 Å². The highest BCUT2D eigenvalue weighted by atomic mass is 35.5. The van der Waals surface area contributed by atoms with Crippen LogP contribution in [-0.2, 0) is 19.2 Å². The Morgan fingerprint density at radius 1 is 1.12 bits per heavy atom. The molecule has 2 heterocycles. The molecular weight excluding hydrogens is 480 g/mol. The number of ether oxygens (including phenoxy) is 2. The molecule has 2 aliphatic heterocycles. The summed E-state index contributed by atoms with van der Waals surface area (Å²) < 4.78 is 27.7. The zero-order chi connectivity index (χ0) is 24.5. The van der Waals surface area contributed by atoms with Crippen LogP contribution in [0.25, 0.3) is 0 Å². The summed E-state index contributed by atoms with van der Waals surface area (Å²) in [4.78, 5) is 16.5. The Balaban J connectivity index is 1.78. The van der Waals surface area contributed by atoms with Gasteiger partial charge >= 0.3 is 0 Å². The Kier molecular flexibility index (Phi) is 7.34. The molecule has 1 fully saturated rings. The molecule has 2 aromatic carbocycles. The number of nitrogens with zero attached hydrogens (tertiary/aromatic N) is 4. The Morgan fingerprint density at radius 2 is 1.85 bits per heavy atom. The number of benzene rings is 2. The zero-order valence-corrected chi connectivity index (χ0v) is 21.1. The van der Waals surface area contributed by atoms with Gasteiger partial charge in [0.05, 0.1) is 38.4 Å². The third-order valence-corrected chi connectivity index (χ3v) is 9.42. The fraction of sp³-hybridized carbons (Fsp3) is 0.435. The number of nitro groups is 1. The second kappa shape index (κ2) is 10.1. The molecule has 4 rings (SSSR count). The van der Waals surface area contributed by atoms with Crippen molar-refractivity contribution in [3.63, 3.8) is 0 Å². The number of methoxy groups -OCH3 is 2. The van der Waals surface area contributed by atoms with Crippen LogP contribution in [0.15, 0.2) is 41.3 Å². The minimum Gasteiger partial charge on any atom is -0.383 e. The van der Waals surface area contributed by atoms with Crippen LogP contribution in [-0.4, -0.2) is 78.6 Å². The van der Waals surface area contributed by atoms with Gasteiger partial charge in [-0.15, -0.1) is 0 Å². The molecule has 184 valence electrons. The molecule has 0 amide bonds. The first kappa shape index (κ1) is 24.7. The molecule has 1 atom stereocenters. The van der Waals surface area contributed by atoms with Crippen molar-refractivity contribution in [1.29, 1.82) is 0 Å². The first-order chi connectivity index (χ1) is 16.3. The SMILES string of the molecule is COCCN1C(COC)=S(=O)(N2CCN(c3cccc(Cl)c3)CC2)c2cc([N+](=O)[O-])cc(C)c21. The summed E-state index contributed by atoms with van der Waals surface area (Å²) in [6.45, 7) is 5.21. The number of halogens is 1. The number of anilines is 2. The number of hydrogen-bond acceptors (Lipinski definition) is 7. The van der Waals surface area contributed by atoms with E-state index in [9.17, 15) is 14.3 Å². The predicted octanol–water partition coefficient (Wildman–Crippen LogP) is 3.18. The molecule has 11 heteroatoms. The number of aryl methyl sites for hydroxylation is 1. The quantitative estimate of drug-likeness (QED) is 0.307. The van der Waals surface area contributed by atoms with E-state index in [4.69, 9.17) is 21.1 Å². The van der Waals surface area contributed by atoms with Crippen molar-refractivity contribution in [2.45, 2.75) is 11.8 Å². The van der Waals surface area contributed by atoms with Crippen molar-refractivity contribution in [2.24, 2.45) is 0 Å². The van der Waals surface area contributed by atoms with Crippen LogP contribution in [0.4, 0.5) is 17.1 Å². The van der Waals surface area contributed by atoms with E-state index in [2.05, 4.69) is 4.90 Å². The second-order valence-corrected chi connectivity index (χ2v) is 11.2. The highest BCUT2D eigenvalue weighted by Crippen LogP contribution is 2.42. The summed E-state index contributed by atoms with van der Waals surface area (Å²) in [6.07, 6.45) is 0. The normalized spacial score (nSPS) is 20.6. The molecule has 0 aromatic heterocycles. The number of nitro benzene ring substituents is 1. The summed E-state index contributed by atoms with van der Waals surface area (Å²) in [5.41, 5.74) is 2.41. The monoisotopic (exact) mass is 508 g/mol. The lowest BCUT2D eigenvalue weighted by molar-refractivity contribution is -0.385. The van der Waals surface area contributed by atoms with Gasteiger partial charge in [-0.1, -0.05) is 17.7 Å². The highest BCUT2D eigenvalue weighted by molar-refractivity contribution is 8.01. The predicted molar refractivity (Wildman–Crippen MR) is 136 cm³/mol. The van der Waals surface area contributed by atoms with Crippen molar-refractivity contribution in [1.82, 2.24) is 4.31 Å². The standard InChI is InChI=1S/C23H29ClN4O5S/c1-17-13-20(28(29)30)15-21-23(17)27(11-12-32-2)22(16-33-3)34(21,31)26-9-7-25(8-10-26)19-6-4-5-18(24)14-19/h4-6,13-15H,7-12,16H2,1-3H3. The summed E-state index contributed by atoms with van der Waals surface area (Å²) >= 11 is 6.17. The molecule has 1 saturated heterocycles. The Hall–Kier alpha value is -2.37. The Labute approximate surface area is 205 Å². The van der Waals surface area contributed by atoms with E-state index < -0.39 is 14.6 Å². The maximum atomic E-state index is 14.9. The molecule has 0 bridgehead atoms. The number of non-ortho nitro benzene ring substituents is 1. The first-order valence-corrected chi connectivity index (χ1v) is 12.9. The lowest BCUT2D eigenvalue weighted by Crippen LogP contribution is -2.51. The van der Waals surface area contributed by atoms with Crippen LogP contribution in [0.1, 0.15) is 5.56 Å². The zero-order valence-electron chi connectivity index (χ0n) is 19.5. The van der Waals surface area contributed by atoms with Crippen molar-refractivity contribution < 1.29 is 18.6 Å². The maximum Gasteiger partial charge on any atom is 0.271 e. The van der Waals surface area contributed by atoms with Crippen molar-refractivity contribution in [3.05, 3.63) is 57.1 Å². The second-order valence-electron chi connectivity index (χ2n) is 8.26. The lowest BCUT2D eigenvalue weighted by Gasteiger charge is -2.37. The molecule has 0 N–H and O–H groups in total. The molecule has 0 aliphatic carbocycles. The van der Waals surface area contributed by atoms with Gasteiger partial charge in [0, 0.05) is 69.8 Å². The van der Waals surface area contributed by atoms with Crippen LogP contribution < -0.4 is 9.80 Å². The molecule has 0 saturated carbocycles. The average Bonchev–Trinajstić information content (AvgIpc) is 3.07. The van der Waals surface area contributed by atoms with Gasteiger partial charge < -0.3 is 19.3 Å². The van der Waals surface area contributed by atoms with Gasteiger partial charge in [-0.25, -0.2) is 8.51 Å². The van der Waals surface area contributed by atoms with E-state index in [-0.39, 0.29) is 12.3 Å². The van der Waals surface area contributed by atoms with Crippen LogP contribution >= 0.6 is 11.6 Å². The fourth-order valence-corrected chi connectivity index (χ4v) is 7.92. The number of rotatable bonds is 8. The Bertz CT molecular complexity index is 1210. The van der Waals surface area contributed by atoms with E-state index in [1.165, 1.54) is 12.1 Å². The first-order valence-electron chi connectivity index (χ1n) is 11.0. The van der Waals surface area contributed by atoms with Gasteiger partial charge in [0.25, 0.3) is 5.69 Å². The van der Waals surface area contributed by atoms with Gasteiger partial charge in [-0.3, -0.25) is 10.1 Å². The molecule has 9 nitrogen and oxygen atoms in total. The van der Waals surface area contributed by atoms with Gasteiger partial charge in [-0.05, 0) is 30.7 Å². The molecule has 34 heavy (non-hydrogen) atoms. The minimum atomic E-state index is -2.95.